The van der Waals surface area contributed by atoms with E-state index in [1.54, 1.807) is 0 Å². The molecule has 0 saturated carbocycles. The van der Waals surface area contributed by atoms with Crippen LogP contribution in [0.25, 0.3) is 0 Å². The van der Waals surface area contributed by atoms with E-state index in [1.165, 1.54) is 16.7 Å². The lowest BCUT2D eigenvalue weighted by Crippen LogP contribution is -2.77. The summed E-state index contributed by atoms with van der Waals surface area (Å²) in [6, 6.07) is -0.766. The zero-order chi connectivity index (χ0) is 12.3. The smallest absolute Gasteiger partial charge is 0.327 e. The van der Waals surface area contributed by atoms with Crippen molar-refractivity contribution in [3.05, 3.63) is 0 Å². The molecule has 2 aliphatic heterocycles. The van der Waals surface area contributed by atoms with Gasteiger partial charge in [-0.1, -0.05) is 6.92 Å². The first-order valence-electron chi connectivity index (χ1n) is 5.28. The van der Waals surface area contributed by atoms with Crippen molar-refractivity contribution in [1.82, 2.24) is 4.90 Å². The van der Waals surface area contributed by atoms with Gasteiger partial charge in [0.25, 0.3) is 0 Å². The largest absolute Gasteiger partial charge is 0.480 e. The number of amides is 1. The van der Waals surface area contributed by atoms with Crippen LogP contribution >= 0.6 is 11.8 Å². The summed E-state index contributed by atoms with van der Waals surface area (Å²) in [5.41, 5.74) is 5.14. The average molecular weight is 244 g/mol. The van der Waals surface area contributed by atoms with E-state index in [2.05, 4.69) is 0 Å². The van der Waals surface area contributed by atoms with Crippen molar-refractivity contribution in [2.45, 2.75) is 48.9 Å². The van der Waals surface area contributed by atoms with Crippen LogP contribution in [0, 0.1) is 0 Å². The molecule has 1 unspecified atom stereocenters. The number of fused-ring (bicyclic) bond motifs is 1. The maximum atomic E-state index is 11.9. The van der Waals surface area contributed by atoms with Gasteiger partial charge in [-0.15, -0.1) is 11.8 Å². The minimum atomic E-state index is -0.952. The van der Waals surface area contributed by atoms with Crippen LogP contribution in [0.2, 0.25) is 0 Å². The third-order valence-electron chi connectivity index (χ3n) is 3.50. The highest BCUT2D eigenvalue weighted by Crippen LogP contribution is 2.54. The van der Waals surface area contributed by atoms with Crippen molar-refractivity contribution in [3.63, 3.8) is 0 Å². The van der Waals surface area contributed by atoms with Gasteiger partial charge in [-0.05, 0) is 20.3 Å². The molecular weight excluding hydrogens is 228 g/mol. The standard InChI is InChI=1S/C10H16N2O3S/c1-4-10(11)7(15)12-5(6(13)14)9(2,3)16-8(10)12/h5,8H,4,11H2,1-3H3,(H,13,14)/t5-,8+,10?/m0/s1. The molecule has 6 heteroatoms. The van der Waals surface area contributed by atoms with Gasteiger partial charge in [-0.3, -0.25) is 4.79 Å². The molecule has 2 saturated heterocycles. The molecule has 0 aromatic carbocycles. The highest BCUT2D eigenvalue weighted by molar-refractivity contribution is 8.01. The number of hydrogen-bond acceptors (Lipinski definition) is 4. The van der Waals surface area contributed by atoms with Gasteiger partial charge in [0.15, 0.2) is 0 Å². The van der Waals surface area contributed by atoms with Crippen LogP contribution in [0.3, 0.4) is 0 Å². The lowest BCUT2D eigenvalue weighted by molar-refractivity contribution is -0.165. The zero-order valence-electron chi connectivity index (χ0n) is 9.56. The summed E-state index contributed by atoms with van der Waals surface area (Å²) in [6.45, 7) is 5.55. The minimum Gasteiger partial charge on any atom is -0.480 e. The summed E-state index contributed by atoms with van der Waals surface area (Å²) in [4.78, 5) is 24.6. The maximum Gasteiger partial charge on any atom is 0.327 e. The Bertz CT molecular complexity index is 371. The van der Waals surface area contributed by atoms with Crippen LogP contribution in [-0.4, -0.2) is 43.6 Å². The SMILES string of the molecule is CCC1(N)C(=O)N2[C@@H](C(=O)O)C(C)(C)S[C@@H]21. The molecule has 3 atom stereocenters. The van der Waals surface area contributed by atoms with Gasteiger partial charge in [-0.2, -0.15) is 0 Å². The van der Waals surface area contributed by atoms with E-state index in [-0.39, 0.29) is 11.3 Å². The molecule has 1 amide bonds. The number of β-lactam (4-membered cyclic amide) rings is 1. The Balaban J connectivity index is 2.35. The fraction of sp³-hybridized carbons (Fsp3) is 0.800. The van der Waals surface area contributed by atoms with Crippen molar-refractivity contribution in [3.8, 4) is 0 Å². The van der Waals surface area contributed by atoms with E-state index in [0.717, 1.165) is 0 Å². The normalized spacial score (nSPS) is 40.5. The second-order valence-corrected chi connectivity index (χ2v) is 6.66. The first-order chi connectivity index (χ1) is 7.25. The molecule has 0 aromatic heterocycles. The molecule has 0 aliphatic carbocycles. The quantitative estimate of drug-likeness (QED) is 0.680. The number of carboxylic acids is 1. The Morgan fingerprint density at radius 2 is 2.19 bits per heavy atom. The lowest BCUT2D eigenvalue weighted by Gasteiger charge is -2.50. The van der Waals surface area contributed by atoms with E-state index in [1.807, 2.05) is 20.8 Å². The summed E-state index contributed by atoms with van der Waals surface area (Å²) >= 11 is 1.49. The molecule has 0 radical (unpaired) electrons. The van der Waals surface area contributed by atoms with Crippen LogP contribution in [0.1, 0.15) is 27.2 Å². The van der Waals surface area contributed by atoms with Crippen LogP contribution < -0.4 is 5.73 Å². The monoisotopic (exact) mass is 244 g/mol. The summed E-state index contributed by atoms with van der Waals surface area (Å²) in [5, 5.41) is 8.99. The van der Waals surface area contributed by atoms with Crippen LogP contribution in [0.5, 0.6) is 0 Å². The molecule has 5 nitrogen and oxygen atoms in total. The molecule has 90 valence electrons. The van der Waals surface area contributed by atoms with Crippen LogP contribution in [0.4, 0.5) is 0 Å². The molecule has 16 heavy (non-hydrogen) atoms. The molecule has 0 bridgehead atoms. The minimum absolute atomic E-state index is 0.193. The predicted octanol–water partition coefficient (Wildman–Crippen LogP) is 0.241. The highest BCUT2D eigenvalue weighted by Gasteiger charge is 2.69. The van der Waals surface area contributed by atoms with Crippen molar-refractivity contribution >= 4 is 23.6 Å². The second kappa shape index (κ2) is 3.13. The molecule has 0 aromatic rings. The van der Waals surface area contributed by atoms with Gasteiger partial charge in [0.1, 0.15) is 17.0 Å². The molecule has 2 rings (SSSR count). The van der Waals surface area contributed by atoms with E-state index in [9.17, 15) is 14.7 Å². The Hall–Kier alpha value is -0.750. The summed E-state index contributed by atoms with van der Waals surface area (Å²) < 4.78 is -0.484. The Morgan fingerprint density at radius 3 is 2.62 bits per heavy atom. The van der Waals surface area contributed by atoms with Crippen LogP contribution in [0.15, 0.2) is 0 Å². The number of nitrogens with zero attached hydrogens (tertiary/aromatic N) is 1. The fourth-order valence-corrected chi connectivity index (χ4v) is 4.21. The van der Waals surface area contributed by atoms with Crippen molar-refractivity contribution in [2.75, 3.05) is 0 Å². The lowest BCUT2D eigenvalue weighted by atomic mass is 9.83. The molecule has 2 aliphatic rings. The first-order valence-corrected chi connectivity index (χ1v) is 6.16. The van der Waals surface area contributed by atoms with E-state index in [0.29, 0.717) is 6.42 Å². The number of carbonyl (C=O) groups excluding carboxylic acids is 1. The van der Waals surface area contributed by atoms with Gasteiger partial charge in [0.05, 0.1) is 0 Å². The zero-order valence-corrected chi connectivity index (χ0v) is 10.4. The second-order valence-electron chi connectivity index (χ2n) is 4.92. The van der Waals surface area contributed by atoms with Crippen molar-refractivity contribution < 1.29 is 14.7 Å². The van der Waals surface area contributed by atoms with E-state index < -0.39 is 22.3 Å². The summed E-state index contributed by atoms with van der Waals surface area (Å²) in [5.74, 6) is -1.18. The highest BCUT2D eigenvalue weighted by atomic mass is 32.2. The maximum absolute atomic E-state index is 11.9. The molecule has 2 fully saturated rings. The topological polar surface area (TPSA) is 83.6 Å². The van der Waals surface area contributed by atoms with Crippen molar-refractivity contribution in [1.29, 1.82) is 0 Å². The number of aliphatic carboxylic acids is 1. The van der Waals surface area contributed by atoms with Crippen LogP contribution in [-0.2, 0) is 9.59 Å². The van der Waals surface area contributed by atoms with Gasteiger partial charge in [-0.25, -0.2) is 4.79 Å². The Morgan fingerprint density at radius 1 is 1.62 bits per heavy atom. The first kappa shape index (κ1) is 11.7. The molecule has 3 N–H and O–H groups in total. The predicted molar refractivity (Wildman–Crippen MR) is 60.9 cm³/mol. The number of nitrogens with two attached hydrogens (primary N) is 1. The number of carboxylic acid groups (broad SMARTS) is 1. The Labute approximate surface area is 98.4 Å². The summed E-state index contributed by atoms with van der Waals surface area (Å²) in [7, 11) is 0. The van der Waals surface area contributed by atoms with Gasteiger partial charge >= 0.3 is 5.97 Å². The van der Waals surface area contributed by atoms with E-state index >= 15 is 0 Å². The Kier molecular flexibility index (Phi) is 2.30. The number of hydrogen-bond donors (Lipinski definition) is 2. The number of carbonyl (C=O) groups is 2. The molecule has 0 spiro atoms. The fourth-order valence-electron chi connectivity index (χ4n) is 2.48. The van der Waals surface area contributed by atoms with E-state index in [4.69, 9.17) is 5.73 Å². The van der Waals surface area contributed by atoms with Gasteiger partial charge in [0.2, 0.25) is 5.91 Å². The number of rotatable bonds is 2. The number of thioether (sulfide) groups is 1. The van der Waals surface area contributed by atoms with Gasteiger partial charge in [0, 0.05) is 4.75 Å². The molecule has 2 heterocycles. The van der Waals surface area contributed by atoms with Crippen molar-refractivity contribution in [2.24, 2.45) is 5.73 Å². The summed E-state index contributed by atoms with van der Waals surface area (Å²) in [6.07, 6.45) is 0.544. The van der Waals surface area contributed by atoms with Gasteiger partial charge < -0.3 is 15.7 Å². The average Bonchev–Trinajstić information content (AvgIpc) is 2.46. The third-order valence-corrected chi connectivity index (χ3v) is 5.20. The third kappa shape index (κ3) is 1.17. The molecular formula is C10H16N2O3S.